The number of ether oxygens (including phenoxy) is 8. The van der Waals surface area contributed by atoms with Gasteiger partial charge in [-0.15, -0.1) is 0 Å². The Labute approximate surface area is 403 Å². The topological polar surface area (TPSA) is 138 Å². The molecule has 0 N–H and O–H groups in total. The number of hydrogen-bond donors (Lipinski definition) is 0. The first-order valence-corrected chi connectivity index (χ1v) is 29.0. The van der Waals surface area contributed by atoms with Gasteiger partial charge >= 0.3 is 0 Å². The van der Waals surface area contributed by atoms with E-state index in [-0.39, 0.29) is 139 Å². The number of nitrogens with zero attached hydrogens (tertiary/aromatic N) is 1. The van der Waals surface area contributed by atoms with Crippen molar-refractivity contribution < 1.29 is 56.7 Å². The first-order chi connectivity index (χ1) is 32.3. The largest absolute Gasteiger partial charge is 0.412 e. The maximum absolute atomic E-state index is 14.6. The summed E-state index contributed by atoms with van der Waals surface area (Å²) < 4.78 is 62.4. The van der Waals surface area contributed by atoms with Crippen molar-refractivity contribution >= 4 is 25.9 Å². The maximum atomic E-state index is 14.6. The van der Waals surface area contributed by atoms with Crippen LogP contribution in [0.1, 0.15) is 139 Å². The summed E-state index contributed by atoms with van der Waals surface area (Å²) in [5.74, 6) is -1.17. The third-order valence-corrected chi connectivity index (χ3v) is 23.0. The molecule has 1 spiro atoms. The lowest BCUT2D eigenvalue weighted by atomic mass is 9.78. The molecular weight excluding hydrogens is 883 g/mol. The molecule has 10 fully saturated rings. The van der Waals surface area contributed by atoms with Crippen LogP contribution in [0.3, 0.4) is 0 Å². The molecule has 11 aliphatic rings. The van der Waals surface area contributed by atoms with Crippen molar-refractivity contribution in [3.63, 3.8) is 0 Å². The molecule has 1 aromatic rings. The Kier molecular flexibility index (Phi) is 12.5. The van der Waals surface area contributed by atoms with Crippen LogP contribution in [-0.2, 0) is 47.1 Å². The fourth-order valence-electron chi connectivity index (χ4n) is 13.5. The number of rotatable bonds is 6. The molecule has 5 unspecified atom stereocenters. The number of carbonyl (C=O) groups excluding carboxylic acids is 3. The summed E-state index contributed by atoms with van der Waals surface area (Å²) in [5, 5.41) is -0.120. The van der Waals surface area contributed by atoms with Crippen LogP contribution in [0.4, 0.5) is 0 Å². The highest BCUT2D eigenvalue weighted by molar-refractivity contribution is 6.74. The molecule has 11 aliphatic heterocycles. The van der Waals surface area contributed by atoms with Gasteiger partial charge in [-0.1, -0.05) is 59.9 Å². The van der Waals surface area contributed by atoms with Crippen LogP contribution >= 0.6 is 0 Å². The summed E-state index contributed by atoms with van der Waals surface area (Å²) in [6, 6.07) is 7.03. The smallest absolute Gasteiger partial charge is 0.261 e. The number of benzene rings is 1. The van der Waals surface area contributed by atoms with Crippen molar-refractivity contribution in [2.75, 3.05) is 6.54 Å². The predicted molar refractivity (Wildman–Crippen MR) is 253 cm³/mol. The molecule has 13 nitrogen and oxygen atoms in total. The van der Waals surface area contributed by atoms with Gasteiger partial charge in [0.2, 0.25) is 0 Å². The minimum Gasteiger partial charge on any atom is -0.412 e. The number of Topliss-reactive ketones (excluding diaryl/α,β-unsaturated/α-hetero) is 1. The zero-order chi connectivity index (χ0) is 47.6. The Bertz CT molecular complexity index is 2140. The van der Waals surface area contributed by atoms with Crippen LogP contribution in [0, 0.1) is 17.8 Å². The van der Waals surface area contributed by atoms with Gasteiger partial charge in [0, 0.05) is 38.5 Å². The van der Waals surface area contributed by atoms with Gasteiger partial charge in [-0.2, -0.15) is 0 Å². The van der Waals surface area contributed by atoms with Crippen LogP contribution in [-0.4, -0.2) is 135 Å². The summed E-state index contributed by atoms with van der Waals surface area (Å²) in [6.45, 7) is 24.6. The Balaban J connectivity index is 0.871. The molecule has 10 saturated heterocycles. The molecule has 14 heteroatoms. The second-order valence-electron chi connectivity index (χ2n) is 24.0. The van der Waals surface area contributed by atoms with E-state index in [1.165, 1.54) is 4.90 Å². The summed E-state index contributed by atoms with van der Waals surface area (Å²) >= 11 is 0. The van der Waals surface area contributed by atoms with Crippen molar-refractivity contribution in [1.82, 2.24) is 4.90 Å². The maximum Gasteiger partial charge on any atom is 0.261 e. The molecule has 68 heavy (non-hydrogen) atoms. The Hall–Kier alpha value is -2.63. The van der Waals surface area contributed by atoms with Crippen molar-refractivity contribution in [2.24, 2.45) is 17.8 Å². The van der Waals surface area contributed by atoms with E-state index < -0.39 is 20.2 Å². The number of carbonyl (C=O) groups is 3. The minimum absolute atomic E-state index is 0.0147. The van der Waals surface area contributed by atoms with E-state index in [9.17, 15) is 14.4 Å². The van der Waals surface area contributed by atoms with Gasteiger partial charge in [0.05, 0.1) is 78.7 Å². The molecule has 11 heterocycles. The summed E-state index contributed by atoms with van der Waals surface area (Å²) in [5.41, 5.74) is 3.04. The van der Waals surface area contributed by atoms with Crippen molar-refractivity contribution in [1.29, 1.82) is 0 Å². The van der Waals surface area contributed by atoms with Crippen LogP contribution < -0.4 is 0 Å². The highest BCUT2D eigenvalue weighted by Crippen LogP contribution is 2.55. The normalized spacial score (nSPS) is 44.2. The van der Waals surface area contributed by atoms with Gasteiger partial charge < -0.3 is 42.3 Å². The fourth-order valence-corrected chi connectivity index (χ4v) is 14.9. The van der Waals surface area contributed by atoms with E-state index >= 15 is 0 Å². The molecule has 0 radical (unpaired) electrons. The molecule has 12 bridgehead atoms. The molecular formula is C54H75NO12Si. The molecule has 19 atom stereocenters. The van der Waals surface area contributed by atoms with E-state index in [0.29, 0.717) is 49.7 Å². The molecule has 0 aromatic heterocycles. The van der Waals surface area contributed by atoms with Gasteiger partial charge in [0.15, 0.2) is 14.1 Å². The summed E-state index contributed by atoms with van der Waals surface area (Å²) in [4.78, 5) is 43.5. The van der Waals surface area contributed by atoms with Crippen molar-refractivity contribution in [2.45, 2.75) is 234 Å². The third kappa shape index (κ3) is 8.59. The molecule has 0 aliphatic carbocycles. The highest BCUT2D eigenvalue weighted by atomic mass is 28.4. The summed E-state index contributed by atoms with van der Waals surface area (Å²) in [7, 11) is -2.41. The van der Waals surface area contributed by atoms with E-state index in [0.717, 1.165) is 49.7 Å². The van der Waals surface area contributed by atoms with E-state index in [2.05, 4.69) is 60.9 Å². The van der Waals surface area contributed by atoms with E-state index in [1.54, 1.807) is 24.3 Å². The van der Waals surface area contributed by atoms with Crippen LogP contribution in [0.25, 0.3) is 0 Å². The molecule has 0 saturated carbocycles. The predicted octanol–water partition coefficient (Wildman–Crippen LogP) is 8.43. The van der Waals surface area contributed by atoms with Gasteiger partial charge in [-0.25, -0.2) is 0 Å². The number of hydrogen-bond acceptors (Lipinski definition) is 12. The van der Waals surface area contributed by atoms with Gasteiger partial charge in [-0.05, 0) is 104 Å². The number of imide groups is 1. The van der Waals surface area contributed by atoms with Gasteiger partial charge in [0.1, 0.15) is 36.3 Å². The second-order valence-corrected chi connectivity index (χ2v) is 28.7. The van der Waals surface area contributed by atoms with Crippen molar-refractivity contribution in [3.05, 3.63) is 59.7 Å². The Morgan fingerprint density at radius 1 is 0.735 bits per heavy atom. The monoisotopic (exact) mass is 958 g/mol. The van der Waals surface area contributed by atoms with Crippen LogP contribution in [0.15, 0.2) is 48.6 Å². The fraction of sp³-hybridized carbons (Fsp3) is 0.759. The lowest BCUT2D eigenvalue weighted by Crippen LogP contribution is -2.61. The van der Waals surface area contributed by atoms with Crippen LogP contribution in [0.5, 0.6) is 0 Å². The van der Waals surface area contributed by atoms with Crippen molar-refractivity contribution in [3.8, 4) is 0 Å². The first-order valence-electron chi connectivity index (χ1n) is 26.1. The first kappa shape index (κ1) is 47.7. The van der Waals surface area contributed by atoms with Gasteiger partial charge in [0.25, 0.3) is 11.8 Å². The number of amides is 2. The summed E-state index contributed by atoms with van der Waals surface area (Å²) in [6.07, 6.45) is 5.38. The number of fused-ring (bicyclic) bond motifs is 7. The zero-order valence-electron chi connectivity index (χ0n) is 41.4. The standard InChI is InChI=1S/C54H75NO12Si/c1-28-20-33-14-16-40-29(2)21-35(59-40)18-19-54-26-45-47(65-54)48-49(64-45)50(66-54)46-41(63-48)17-15-34(61-46)22-32(56)23-39-31(4)42(62-44(39)25-43(60-33)30(28)3)24-36(67-68(8,9)53(5,6)7)27-55-51(57)37-12-10-11-13-38(37)52(55)58/h10-13,28,31,33-36,39-50H,2-3,14-27H2,1,4-9H3/t28-,31-,33+,34?,35+,36+,39?,40?,41+,42-,43-,44?,45+,46+,47+,48+,49-,50+,54?/m1/s1. The lowest BCUT2D eigenvalue weighted by molar-refractivity contribution is -0.292. The molecule has 12 rings (SSSR count). The zero-order valence-corrected chi connectivity index (χ0v) is 42.4. The minimum atomic E-state index is -2.41. The average Bonchev–Trinajstić information content (AvgIpc) is 4.01. The van der Waals surface area contributed by atoms with Gasteiger partial charge in [-0.3, -0.25) is 19.3 Å². The average molecular weight is 958 g/mol. The number of ketones is 1. The Morgan fingerprint density at radius 3 is 2.16 bits per heavy atom. The highest BCUT2D eigenvalue weighted by Gasteiger charge is 2.69. The SMILES string of the molecule is C=C1C[C@@H]2CCC34C[C@@H]5O[C@@H]6[C@@H](O[C@H]7CCC(CC(=O)CC8C(C[C@H]9O[C@@H](CCC1O2)C[C@@H](C)C9=C)O[C@H](C[C@@H](CN1C(=O)c2ccccc2C1=O)O[Si](C)(C)C(C)(C)C)[C@@H]8C)O[C@@H]7[C@@H]6O3)[C@H]5O4. The molecule has 2 amide bonds. The Morgan fingerprint density at radius 2 is 1.41 bits per heavy atom. The van der Waals surface area contributed by atoms with Crippen LogP contribution in [0.2, 0.25) is 18.1 Å². The quantitative estimate of drug-likeness (QED) is 0.154. The second kappa shape index (κ2) is 17.8. The third-order valence-electron chi connectivity index (χ3n) is 18.4. The molecule has 1 aromatic carbocycles. The molecule has 372 valence electrons. The lowest BCUT2D eigenvalue weighted by Gasteiger charge is -2.47. The van der Waals surface area contributed by atoms with E-state index in [1.807, 2.05) is 0 Å². The van der Waals surface area contributed by atoms with E-state index in [4.69, 9.17) is 42.3 Å².